The van der Waals surface area contributed by atoms with Gasteiger partial charge in [-0.05, 0) is 36.5 Å². The van der Waals surface area contributed by atoms with E-state index in [-0.39, 0.29) is 5.11 Å². The molecule has 0 fully saturated rings. The highest BCUT2D eigenvalue weighted by atomic mass is 32.1. The SMILES string of the molecule is CC(C)C(=S)Nc1ccc(NC(N)=S)cc1. The Kier molecular flexibility index (Phi) is 4.64. The number of anilines is 2. The minimum absolute atomic E-state index is 0.262. The Labute approximate surface area is 106 Å². The zero-order valence-electron chi connectivity index (χ0n) is 9.28. The van der Waals surface area contributed by atoms with Gasteiger partial charge >= 0.3 is 0 Å². The summed E-state index contributed by atoms with van der Waals surface area (Å²) >= 11 is 9.94. The quantitative estimate of drug-likeness (QED) is 0.723. The summed E-state index contributed by atoms with van der Waals surface area (Å²) in [5.41, 5.74) is 7.20. The molecular weight excluding hydrogens is 238 g/mol. The molecule has 0 heterocycles. The number of thiocarbonyl (C=S) groups is 2. The van der Waals surface area contributed by atoms with E-state index < -0.39 is 0 Å². The highest BCUT2D eigenvalue weighted by Crippen LogP contribution is 2.14. The molecule has 1 rings (SSSR count). The average Bonchev–Trinajstić information content (AvgIpc) is 2.20. The lowest BCUT2D eigenvalue weighted by molar-refractivity contribution is 0.898. The van der Waals surface area contributed by atoms with Crippen molar-refractivity contribution in [3.63, 3.8) is 0 Å². The molecule has 5 heteroatoms. The van der Waals surface area contributed by atoms with Crippen molar-refractivity contribution in [3.8, 4) is 0 Å². The van der Waals surface area contributed by atoms with Crippen molar-refractivity contribution in [2.24, 2.45) is 11.7 Å². The van der Waals surface area contributed by atoms with Gasteiger partial charge in [0.25, 0.3) is 0 Å². The van der Waals surface area contributed by atoms with Crippen LogP contribution in [0, 0.1) is 5.92 Å². The van der Waals surface area contributed by atoms with Crippen LogP contribution in [0.4, 0.5) is 11.4 Å². The van der Waals surface area contributed by atoms with Gasteiger partial charge in [-0.3, -0.25) is 0 Å². The molecule has 0 unspecified atom stereocenters. The zero-order valence-corrected chi connectivity index (χ0v) is 10.9. The molecule has 0 atom stereocenters. The maximum absolute atomic E-state index is 5.37. The van der Waals surface area contributed by atoms with Gasteiger partial charge in [0, 0.05) is 17.3 Å². The van der Waals surface area contributed by atoms with Crippen LogP contribution in [-0.4, -0.2) is 10.1 Å². The third-order valence-electron chi connectivity index (χ3n) is 1.94. The summed E-state index contributed by atoms with van der Waals surface area (Å²) in [6, 6.07) is 7.64. The summed E-state index contributed by atoms with van der Waals surface area (Å²) in [5.74, 6) is 0.337. The lowest BCUT2D eigenvalue weighted by Crippen LogP contribution is -2.19. The Bertz CT molecular complexity index is 385. The van der Waals surface area contributed by atoms with Crippen molar-refractivity contribution >= 4 is 45.9 Å². The monoisotopic (exact) mass is 253 g/mol. The van der Waals surface area contributed by atoms with Gasteiger partial charge in [0.15, 0.2) is 5.11 Å². The number of benzene rings is 1. The van der Waals surface area contributed by atoms with Gasteiger partial charge in [0.05, 0.1) is 4.99 Å². The van der Waals surface area contributed by atoms with E-state index in [4.69, 9.17) is 30.2 Å². The van der Waals surface area contributed by atoms with Crippen LogP contribution in [0.1, 0.15) is 13.8 Å². The predicted molar refractivity (Wildman–Crippen MR) is 77.9 cm³/mol. The van der Waals surface area contributed by atoms with Crippen LogP contribution in [0.2, 0.25) is 0 Å². The molecule has 0 radical (unpaired) electrons. The van der Waals surface area contributed by atoms with Crippen LogP contribution >= 0.6 is 24.4 Å². The van der Waals surface area contributed by atoms with Crippen LogP contribution in [0.15, 0.2) is 24.3 Å². The fourth-order valence-corrected chi connectivity index (χ4v) is 1.30. The second-order valence-electron chi connectivity index (χ2n) is 3.71. The first-order chi connectivity index (χ1) is 7.49. The second kappa shape index (κ2) is 5.77. The van der Waals surface area contributed by atoms with E-state index >= 15 is 0 Å². The van der Waals surface area contributed by atoms with Gasteiger partial charge in [-0.2, -0.15) is 0 Å². The third kappa shape index (κ3) is 4.12. The number of rotatable bonds is 3. The number of nitrogens with two attached hydrogens (primary N) is 1. The third-order valence-corrected chi connectivity index (χ3v) is 2.62. The minimum atomic E-state index is 0.262. The van der Waals surface area contributed by atoms with E-state index in [9.17, 15) is 0 Å². The molecule has 86 valence electrons. The van der Waals surface area contributed by atoms with Gasteiger partial charge in [0.2, 0.25) is 0 Å². The Hall–Kier alpha value is -1.20. The fourth-order valence-electron chi connectivity index (χ4n) is 1.07. The molecule has 0 saturated carbocycles. The number of hydrogen-bond acceptors (Lipinski definition) is 2. The molecule has 16 heavy (non-hydrogen) atoms. The van der Waals surface area contributed by atoms with Gasteiger partial charge in [-0.1, -0.05) is 26.1 Å². The lowest BCUT2D eigenvalue weighted by Gasteiger charge is -2.11. The number of hydrogen-bond donors (Lipinski definition) is 3. The standard InChI is InChI=1S/C11H15N3S2/c1-7(2)10(15)13-8-3-5-9(6-4-8)14-11(12)16/h3-7H,1-2H3,(H,13,15)(H3,12,14,16). The summed E-state index contributed by atoms with van der Waals surface area (Å²) < 4.78 is 0. The van der Waals surface area contributed by atoms with Crippen molar-refractivity contribution in [1.82, 2.24) is 0 Å². The highest BCUT2D eigenvalue weighted by molar-refractivity contribution is 7.80. The van der Waals surface area contributed by atoms with Crippen molar-refractivity contribution in [2.75, 3.05) is 10.6 Å². The molecule has 0 aliphatic carbocycles. The van der Waals surface area contributed by atoms with E-state index in [1.807, 2.05) is 24.3 Å². The first kappa shape index (κ1) is 12.9. The van der Waals surface area contributed by atoms with Crippen LogP contribution < -0.4 is 16.4 Å². The Morgan fingerprint density at radius 2 is 1.50 bits per heavy atom. The molecule has 0 amide bonds. The van der Waals surface area contributed by atoms with Crippen LogP contribution in [0.3, 0.4) is 0 Å². The van der Waals surface area contributed by atoms with Crippen molar-refractivity contribution < 1.29 is 0 Å². The van der Waals surface area contributed by atoms with Gasteiger partial charge in [0.1, 0.15) is 0 Å². The van der Waals surface area contributed by atoms with E-state index in [2.05, 4.69) is 24.5 Å². The summed E-state index contributed by atoms with van der Waals surface area (Å²) in [5, 5.41) is 6.28. The second-order valence-corrected chi connectivity index (χ2v) is 4.59. The zero-order chi connectivity index (χ0) is 12.1. The first-order valence-electron chi connectivity index (χ1n) is 4.96. The smallest absolute Gasteiger partial charge is 0.168 e. The summed E-state index contributed by atoms with van der Waals surface area (Å²) in [6.45, 7) is 4.11. The molecule has 0 aliphatic rings. The molecule has 4 N–H and O–H groups in total. The topological polar surface area (TPSA) is 50.1 Å². The molecule has 1 aromatic rings. The van der Waals surface area contributed by atoms with Crippen LogP contribution in [-0.2, 0) is 0 Å². The maximum atomic E-state index is 5.37. The largest absolute Gasteiger partial charge is 0.376 e. The maximum Gasteiger partial charge on any atom is 0.168 e. The average molecular weight is 253 g/mol. The van der Waals surface area contributed by atoms with E-state index in [1.165, 1.54) is 0 Å². The van der Waals surface area contributed by atoms with Crippen LogP contribution in [0.5, 0.6) is 0 Å². The number of nitrogens with one attached hydrogen (secondary N) is 2. The predicted octanol–water partition coefficient (Wildman–Crippen LogP) is 2.74. The van der Waals surface area contributed by atoms with Gasteiger partial charge in [-0.25, -0.2) is 0 Å². The summed E-state index contributed by atoms with van der Waals surface area (Å²) in [7, 11) is 0. The summed E-state index contributed by atoms with van der Waals surface area (Å²) in [6.07, 6.45) is 0. The van der Waals surface area contributed by atoms with E-state index in [0.717, 1.165) is 16.4 Å². The van der Waals surface area contributed by atoms with Gasteiger partial charge in [-0.15, -0.1) is 0 Å². The molecule has 0 spiro atoms. The molecule has 0 aliphatic heterocycles. The first-order valence-corrected chi connectivity index (χ1v) is 5.78. The van der Waals surface area contributed by atoms with Crippen molar-refractivity contribution in [2.45, 2.75) is 13.8 Å². The lowest BCUT2D eigenvalue weighted by atomic mass is 10.2. The Morgan fingerprint density at radius 1 is 1.06 bits per heavy atom. The normalized spacial score (nSPS) is 9.94. The molecular formula is C11H15N3S2. The van der Waals surface area contributed by atoms with E-state index in [1.54, 1.807) is 0 Å². The fraction of sp³-hybridized carbons (Fsp3) is 0.273. The Morgan fingerprint density at radius 3 is 1.88 bits per heavy atom. The molecule has 0 bridgehead atoms. The summed E-state index contributed by atoms with van der Waals surface area (Å²) in [4.78, 5) is 0.829. The molecule has 0 aromatic heterocycles. The molecule has 1 aromatic carbocycles. The molecule has 3 nitrogen and oxygen atoms in total. The minimum Gasteiger partial charge on any atom is -0.376 e. The molecule has 0 saturated heterocycles. The van der Waals surface area contributed by atoms with Crippen molar-refractivity contribution in [3.05, 3.63) is 24.3 Å². The highest BCUT2D eigenvalue weighted by Gasteiger charge is 2.02. The van der Waals surface area contributed by atoms with Crippen molar-refractivity contribution in [1.29, 1.82) is 0 Å². The van der Waals surface area contributed by atoms with Gasteiger partial charge < -0.3 is 16.4 Å². The van der Waals surface area contributed by atoms with Crippen LogP contribution in [0.25, 0.3) is 0 Å². The van der Waals surface area contributed by atoms with E-state index in [0.29, 0.717) is 5.92 Å². The Balaban J connectivity index is 2.64.